The summed E-state index contributed by atoms with van der Waals surface area (Å²) in [6.45, 7) is 2.03. The highest BCUT2D eigenvalue weighted by molar-refractivity contribution is 7.84. The van der Waals surface area contributed by atoms with Crippen molar-refractivity contribution < 1.29 is 14.1 Å². The molecule has 0 aromatic carbocycles. The van der Waals surface area contributed by atoms with E-state index in [2.05, 4.69) is 5.10 Å². The first-order chi connectivity index (χ1) is 7.56. The molecule has 0 radical (unpaired) electrons. The van der Waals surface area contributed by atoms with Crippen LogP contribution in [0.5, 0.6) is 0 Å². The van der Waals surface area contributed by atoms with Crippen LogP contribution in [-0.4, -0.2) is 30.8 Å². The van der Waals surface area contributed by atoms with Gasteiger partial charge in [0.1, 0.15) is 5.56 Å². The van der Waals surface area contributed by atoms with Gasteiger partial charge in [-0.2, -0.15) is 5.10 Å². The SMILES string of the molecule is CCCCS(=O)Cc1c(C(=O)O)cnn1C. The van der Waals surface area contributed by atoms with E-state index in [0.717, 1.165) is 12.8 Å². The van der Waals surface area contributed by atoms with E-state index in [1.54, 1.807) is 7.05 Å². The van der Waals surface area contributed by atoms with Crippen molar-refractivity contribution in [1.82, 2.24) is 9.78 Å². The molecule has 1 aromatic heterocycles. The lowest BCUT2D eigenvalue weighted by Gasteiger charge is -2.03. The highest BCUT2D eigenvalue weighted by Crippen LogP contribution is 2.11. The van der Waals surface area contributed by atoms with Gasteiger partial charge in [-0.3, -0.25) is 8.89 Å². The average molecular weight is 244 g/mol. The molecule has 0 spiro atoms. The lowest BCUT2D eigenvalue weighted by molar-refractivity contribution is 0.0696. The van der Waals surface area contributed by atoms with Crippen LogP contribution in [0.2, 0.25) is 0 Å². The summed E-state index contributed by atoms with van der Waals surface area (Å²) in [5, 5.41) is 12.8. The molecule has 1 atom stereocenters. The largest absolute Gasteiger partial charge is 0.478 e. The molecule has 0 aliphatic carbocycles. The van der Waals surface area contributed by atoms with Gasteiger partial charge in [-0.15, -0.1) is 0 Å². The normalized spacial score (nSPS) is 12.6. The predicted octanol–water partition coefficient (Wildman–Crippen LogP) is 1.17. The van der Waals surface area contributed by atoms with E-state index >= 15 is 0 Å². The van der Waals surface area contributed by atoms with Crippen molar-refractivity contribution >= 4 is 16.8 Å². The highest BCUT2D eigenvalue weighted by atomic mass is 32.2. The van der Waals surface area contributed by atoms with E-state index in [1.165, 1.54) is 10.9 Å². The fourth-order valence-electron chi connectivity index (χ4n) is 1.34. The van der Waals surface area contributed by atoms with Gasteiger partial charge in [0.15, 0.2) is 0 Å². The van der Waals surface area contributed by atoms with Crippen molar-refractivity contribution in [2.24, 2.45) is 7.05 Å². The minimum atomic E-state index is -1.02. The van der Waals surface area contributed by atoms with Crippen molar-refractivity contribution in [2.75, 3.05) is 5.75 Å². The Bertz CT molecular complexity index is 401. The number of rotatable bonds is 6. The summed E-state index contributed by atoms with van der Waals surface area (Å²) >= 11 is 0. The van der Waals surface area contributed by atoms with Gasteiger partial charge in [-0.25, -0.2) is 4.79 Å². The molecule has 0 aliphatic heterocycles. The number of aromatic nitrogens is 2. The Morgan fingerprint density at radius 1 is 1.62 bits per heavy atom. The summed E-state index contributed by atoms with van der Waals surface area (Å²) in [6, 6.07) is 0. The zero-order valence-electron chi connectivity index (χ0n) is 9.47. The van der Waals surface area contributed by atoms with Gasteiger partial charge in [-0.1, -0.05) is 13.3 Å². The van der Waals surface area contributed by atoms with Crippen molar-refractivity contribution in [3.05, 3.63) is 17.5 Å². The molecule has 16 heavy (non-hydrogen) atoms. The lowest BCUT2D eigenvalue weighted by atomic mass is 10.3. The van der Waals surface area contributed by atoms with Crippen molar-refractivity contribution in [3.8, 4) is 0 Å². The van der Waals surface area contributed by atoms with Crippen LogP contribution in [0.1, 0.15) is 35.8 Å². The molecule has 0 saturated heterocycles. The van der Waals surface area contributed by atoms with E-state index in [0.29, 0.717) is 11.4 Å². The molecule has 1 unspecified atom stereocenters. The second kappa shape index (κ2) is 5.79. The molecule has 5 nitrogen and oxygen atoms in total. The first-order valence-corrected chi connectivity index (χ1v) is 6.64. The van der Waals surface area contributed by atoms with Crippen LogP contribution in [0.25, 0.3) is 0 Å². The fraction of sp³-hybridized carbons (Fsp3) is 0.600. The van der Waals surface area contributed by atoms with Crippen LogP contribution in [0.15, 0.2) is 6.20 Å². The van der Waals surface area contributed by atoms with Gasteiger partial charge in [-0.05, 0) is 6.42 Å². The Labute approximate surface area is 96.9 Å². The van der Waals surface area contributed by atoms with E-state index in [1.807, 2.05) is 6.92 Å². The van der Waals surface area contributed by atoms with Crippen LogP contribution in [-0.2, 0) is 23.6 Å². The Morgan fingerprint density at radius 3 is 2.88 bits per heavy atom. The van der Waals surface area contributed by atoms with Crippen LogP contribution in [0.3, 0.4) is 0 Å². The molecule has 6 heteroatoms. The van der Waals surface area contributed by atoms with Gasteiger partial charge in [0.25, 0.3) is 0 Å². The van der Waals surface area contributed by atoms with Gasteiger partial charge in [0.2, 0.25) is 0 Å². The highest BCUT2D eigenvalue weighted by Gasteiger charge is 2.16. The molecular weight excluding hydrogens is 228 g/mol. The number of carboxylic acids is 1. The molecule has 1 aromatic rings. The first kappa shape index (κ1) is 12.9. The van der Waals surface area contributed by atoms with Crippen molar-refractivity contribution in [3.63, 3.8) is 0 Å². The van der Waals surface area contributed by atoms with Crippen LogP contribution < -0.4 is 0 Å². The van der Waals surface area contributed by atoms with Crippen LogP contribution >= 0.6 is 0 Å². The molecule has 0 amide bonds. The standard InChI is InChI=1S/C10H16N2O3S/c1-3-4-5-16(15)7-9-8(10(13)14)6-11-12(9)2/h6H,3-5,7H2,1-2H3,(H,13,14). The average Bonchev–Trinajstić information content (AvgIpc) is 2.58. The maximum absolute atomic E-state index is 11.7. The molecule has 1 rings (SSSR count). The molecule has 1 N–H and O–H groups in total. The number of hydrogen-bond donors (Lipinski definition) is 1. The first-order valence-electron chi connectivity index (χ1n) is 5.15. The maximum Gasteiger partial charge on any atom is 0.339 e. The Morgan fingerprint density at radius 2 is 2.31 bits per heavy atom. The predicted molar refractivity (Wildman–Crippen MR) is 61.8 cm³/mol. The third-order valence-electron chi connectivity index (χ3n) is 2.32. The Hall–Kier alpha value is -1.17. The summed E-state index contributed by atoms with van der Waals surface area (Å²) in [5.74, 6) is -0.144. The molecule has 90 valence electrons. The summed E-state index contributed by atoms with van der Waals surface area (Å²) in [7, 11) is 0.655. The Kier molecular flexibility index (Phi) is 4.67. The van der Waals surface area contributed by atoms with E-state index in [9.17, 15) is 9.00 Å². The molecule has 0 aliphatic rings. The third kappa shape index (κ3) is 3.16. The van der Waals surface area contributed by atoms with E-state index in [4.69, 9.17) is 5.11 Å². The molecular formula is C10H16N2O3S. The van der Waals surface area contributed by atoms with Crippen LogP contribution in [0, 0.1) is 0 Å². The van der Waals surface area contributed by atoms with Crippen molar-refractivity contribution in [1.29, 1.82) is 0 Å². The van der Waals surface area contributed by atoms with E-state index in [-0.39, 0.29) is 11.3 Å². The minimum Gasteiger partial charge on any atom is -0.478 e. The molecule has 0 saturated carbocycles. The number of unbranched alkanes of at least 4 members (excludes halogenated alkanes) is 1. The fourth-order valence-corrected chi connectivity index (χ4v) is 2.74. The van der Waals surface area contributed by atoms with Crippen LogP contribution in [0.4, 0.5) is 0 Å². The smallest absolute Gasteiger partial charge is 0.339 e. The second-order valence-corrected chi connectivity index (χ2v) is 5.15. The van der Waals surface area contributed by atoms with E-state index < -0.39 is 16.8 Å². The summed E-state index contributed by atoms with van der Waals surface area (Å²) in [4.78, 5) is 10.9. The summed E-state index contributed by atoms with van der Waals surface area (Å²) in [5.41, 5.74) is 0.675. The quantitative estimate of drug-likeness (QED) is 0.815. The van der Waals surface area contributed by atoms with Gasteiger partial charge in [0.05, 0.1) is 17.6 Å². The number of aryl methyl sites for hydroxylation is 1. The van der Waals surface area contributed by atoms with Gasteiger partial charge < -0.3 is 5.11 Å². The number of aromatic carboxylic acids is 1. The number of nitrogens with zero attached hydrogens (tertiary/aromatic N) is 2. The maximum atomic E-state index is 11.7. The summed E-state index contributed by atoms with van der Waals surface area (Å²) < 4.78 is 13.2. The summed E-state index contributed by atoms with van der Waals surface area (Å²) in [6.07, 6.45) is 3.18. The minimum absolute atomic E-state index is 0.146. The lowest BCUT2D eigenvalue weighted by Crippen LogP contribution is -2.09. The number of hydrogen-bond acceptors (Lipinski definition) is 3. The number of carbonyl (C=O) groups is 1. The Balaban J connectivity index is 2.76. The monoisotopic (exact) mass is 244 g/mol. The molecule has 0 bridgehead atoms. The van der Waals surface area contributed by atoms with Crippen molar-refractivity contribution in [2.45, 2.75) is 25.5 Å². The second-order valence-electron chi connectivity index (χ2n) is 3.58. The molecule has 0 fully saturated rings. The molecule has 1 heterocycles. The topological polar surface area (TPSA) is 72.2 Å². The third-order valence-corrected chi connectivity index (χ3v) is 3.65. The number of carboxylic acid groups (broad SMARTS) is 1. The van der Waals surface area contributed by atoms with Gasteiger partial charge in [0, 0.05) is 23.6 Å². The zero-order chi connectivity index (χ0) is 12.1. The van der Waals surface area contributed by atoms with Gasteiger partial charge >= 0.3 is 5.97 Å². The zero-order valence-corrected chi connectivity index (χ0v) is 10.3.